The molecule has 0 radical (unpaired) electrons. The lowest BCUT2D eigenvalue weighted by Crippen LogP contribution is -2.48. The lowest BCUT2D eigenvalue weighted by atomic mass is 9.62. The fraction of sp³-hybridized carbons (Fsp3) is 0.875. The van der Waals surface area contributed by atoms with Crippen LogP contribution in [-0.2, 0) is 13.0 Å². The van der Waals surface area contributed by atoms with E-state index in [1.807, 2.05) is 4.68 Å². The predicted octanol–water partition coefficient (Wildman–Crippen LogP) is 3.20. The lowest BCUT2D eigenvalue weighted by Gasteiger charge is -2.46. The van der Waals surface area contributed by atoms with Crippen molar-refractivity contribution in [1.82, 2.24) is 14.8 Å². The molecule has 1 aliphatic rings. The molecular formula is C16H29N3O. The molecule has 1 N–H and O–H groups in total. The highest BCUT2D eigenvalue weighted by Gasteiger charge is 2.45. The summed E-state index contributed by atoms with van der Waals surface area (Å²) in [5.41, 5.74) is -0.500. The van der Waals surface area contributed by atoms with Crippen LogP contribution in [0.15, 0.2) is 6.33 Å². The van der Waals surface area contributed by atoms with Crippen molar-refractivity contribution in [3.8, 4) is 0 Å². The van der Waals surface area contributed by atoms with E-state index in [0.717, 1.165) is 38.1 Å². The van der Waals surface area contributed by atoms with Gasteiger partial charge in [0.05, 0.1) is 5.60 Å². The monoisotopic (exact) mass is 279 g/mol. The van der Waals surface area contributed by atoms with Crippen LogP contribution in [0, 0.1) is 11.3 Å². The van der Waals surface area contributed by atoms with Crippen LogP contribution in [0.4, 0.5) is 0 Å². The van der Waals surface area contributed by atoms with Gasteiger partial charge in [-0.15, -0.1) is 0 Å². The molecule has 0 aliphatic heterocycles. The second-order valence-electron chi connectivity index (χ2n) is 7.34. The van der Waals surface area contributed by atoms with E-state index in [2.05, 4.69) is 37.8 Å². The first-order valence-corrected chi connectivity index (χ1v) is 7.96. The predicted molar refractivity (Wildman–Crippen MR) is 80.4 cm³/mol. The molecule has 0 saturated heterocycles. The Labute approximate surface area is 122 Å². The average molecular weight is 279 g/mol. The summed E-state index contributed by atoms with van der Waals surface area (Å²) in [6, 6.07) is 0. The third-order valence-electron chi connectivity index (χ3n) is 4.64. The van der Waals surface area contributed by atoms with E-state index >= 15 is 0 Å². The average Bonchev–Trinajstić information content (AvgIpc) is 2.75. The van der Waals surface area contributed by atoms with Crippen molar-refractivity contribution in [3.63, 3.8) is 0 Å². The maximum Gasteiger partial charge on any atom is 0.138 e. The zero-order valence-corrected chi connectivity index (χ0v) is 13.4. The van der Waals surface area contributed by atoms with Crippen molar-refractivity contribution in [2.45, 2.75) is 78.4 Å². The second-order valence-corrected chi connectivity index (χ2v) is 7.34. The molecular weight excluding hydrogens is 250 g/mol. The zero-order chi connectivity index (χ0) is 14.8. The SMILES string of the molecule is CCCn1ncnc1CC1(O)CCCCC1C(C)(C)C. The molecule has 2 rings (SSSR count). The van der Waals surface area contributed by atoms with Crippen LogP contribution in [0.1, 0.15) is 65.6 Å². The van der Waals surface area contributed by atoms with Gasteiger partial charge in [-0.1, -0.05) is 40.5 Å². The van der Waals surface area contributed by atoms with E-state index in [9.17, 15) is 5.11 Å². The Morgan fingerprint density at radius 3 is 2.80 bits per heavy atom. The molecule has 4 nitrogen and oxygen atoms in total. The standard InChI is InChI=1S/C16H29N3O/c1-5-10-19-14(17-12-18-19)11-16(20)9-7-6-8-13(16)15(2,3)4/h12-13,20H,5-11H2,1-4H3. The summed E-state index contributed by atoms with van der Waals surface area (Å²) in [6.07, 6.45) is 7.63. The molecule has 0 bridgehead atoms. The van der Waals surface area contributed by atoms with Gasteiger partial charge >= 0.3 is 0 Å². The molecule has 4 heteroatoms. The smallest absolute Gasteiger partial charge is 0.138 e. The number of aryl methyl sites for hydroxylation is 1. The number of nitrogens with zero attached hydrogens (tertiary/aromatic N) is 3. The molecule has 0 amide bonds. The minimum absolute atomic E-state index is 0.130. The molecule has 114 valence electrons. The number of aliphatic hydroxyl groups is 1. The third-order valence-corrected chi connectivity index (χ3v) is 4.64. The van der Waals surface area contributed by atoms with Crippen LogP contribution in [0.25, 0.3) is 0 Å². The Kier molecular flexibility index (Phi) is 4.52. The van der Waals surface area contributed by atoms with E-state index in [1.165, 1.54) is 6.42 Å². The van der Waals surface area contributed by atoms with E-state index in [0.29, 0.717) is 12.3 Å². The number of hydrogen-bond acceptors (Lipinski definition) is 3. The Morgan fingerprint density at radius 2 is 2.15 bits per heavy atom. The van der Waals surface area contributed by atoms with Gasteiger partial charge in [0, 0.05) is 13.0 Å². The Hall–Kier alpha value is -0.900. The maximum atomic E-state index is 11.3. The molecule has 2 unspecified atom stereocenters. The lowest BCUT2D eigenvalue weighted by molar-refractivity contribution is -0.0905. The first kappa shape index (κ1) is 15.5. The third kappa shape index (κ3) is 3.22. The van der Waals surface area contributed by atoms with Crippen molar-refractivity contribution in [3.05, 3.63) is 12.2 Å². The van der Waals surface area contributed by atoms with Gasteiger partial charge in [0.15, 0.2) is 0 Å². The van der Waals surface area contributed by atoms with Crippen LogP contribution in [0.3, 0.4) is 0 Å². The van der Waals surface area contributed by atoms with Gasteiger partial charge in [0.1, 0.15) is 12.2 Å². The zero-order valence-electron chi connectivity index (χ0n) is 13.4. The summed E-state index contributed by atoms with van der Waals surface area (Å²) >= 11 is 0. The maximum absolute atomic E-state index is 11.3. The molecule has 1 aromatic rings. The van der Waals surface area contributed by atoms with Gasteiger partial charge in [-0.2, -0.15) is 5.10 Å². The van der Waals surface area contributed by atoms with Crippen molar-refractivity contribution in [1.29, 1.82) is 0 Å². The van der Waals surface area contributed by atoms with E-state index in [1.54, 1.807) is 6.33 Å². The highest BCUT2D eigenvalue weighted by Crippen LogP contribution is 2.45. The van der Waals surface area contributed by atoms with Crippen LogP contribution >= 0.6 is 0 Å². The number of rotatable bonds is 4. The second kappa shape index (κ2) is 5.84. The van der Waals surface area contributed by atoms with E-state index in [4.69, 9.17) is 0 Å². The fourth-order valence-corrected chi connectivity index (χ4v) is 3.77. The number of hydrogen-bond donors (Lipinski definition) is 1. The van der Waals surface area contributed by atoms with Gasteiger partial charge < -0.3 is 5.11 Å². The van der Waals surface area contributed by atoms with Gasteiger partial charge in [-0.25, -0.2) is 4.98 Å². The summed E-state index contributed by atoms with van der Waals surface area (Å²) in [5.74, 6) is 1.26. The highest BCUT2D eigenvalue weighted by molar-refractivity contribution is 5.02. The first-order valence-electron chi connectivity index (χ1n) is 7.96. The van der Waals surface area contributed by atoms with Gasteiger partial charge in [-0.05, 0) is 30.6 Å². The minimum atomic E-state index is -0.630. The first-order chi connectivity index (χ1) is 9.37. The van der Waals surface area contributed by atoms with Gasteiger partial charge in [0.2, 0.25) is 0 Å². The highest BCUT2D eigenvalue weighted by atomic mass is 16.3. The number of aromatic nitrogens is 3. The topological polar surface area (TPSA) is 50.9 Å². The largest absolute Gasteiger partial charge is 0.389 e. The Bertz CT molecular complexity index is 435. The van der Waals surface area contributed by atoms with Crippen LogP contribution in [0.5, 0.6) is 0 Å². The molecule has 1 saturated carbocycles. The van der Waals surface area contributed by atoms with Crippen molar-refractivity contribution < 1.29 is 5.11 Å². The summed E-state index contributed by atoms with van der Waals surface area (Å²) < 4.78 is 1.95. The minimum Gasteiger partial charge on any atom is -0.389 e. The molecule has 2 atom stereocenters. The molecule has 0 spiro atoms. The van der Waals surface area contributed by atoms with Crippen molar-refractivity contribution >= 4 is 0 Å². The van der Waals surface area contributed by atoms with Gasteiger partial charge in [0.25, 0.3) is 0 Å². The summed E-state index contributed by atoms with van der Waals surface area (Å²) in [4.78, 5) is 4.38. The Balaban J connectivity index is 2.21. The quantitative estimate of drug-likeness (QED) is 0.921. The van der Waals surface area contributed by atoms with Crippen molar-refractivity contribution in [2.24, 2.45) is 11.3 Å². The van der Waals surface area contributed by atoms with E-state index in [-0.39, 0.29) is 5.41 Å². The van der Waals surface area contributed by atoms with Crippen LogP contribution in [-0.4, -0.2) is 25.5 Å². The van der Waals surface area contributed by atoms with Gasteiger partial charge in [-0.3, -0.25) is 4.68 Å². The normalized spacial score (nSPS) is 27.8. The summed E-state index contributed by atoms with van der Waals surface area (Å²) in [6.45, 7) is 9.74. The molecule has 20 heavy (non-hydrogen) atoms. The van der Waals surface area contributed by atoms with Crippen molar-refractivity contribution in [2.75, 3.05) is 0 Å². The van der Waals surface area contributed by atoms with Crippen LogP contribution < -0.4 is 0 Å². The molecule has 1 aromatic heterocycles. The molecule has 1 heterocycles. The van der Waals surface area contributed by atoms with E-state index < -0.39 is 5.60 Å². The summed E-state index contributed by atoms with van der Waals surface area (Å²) in [7, 11) is 0. The molecule has 1 fully saturated rings. The summed E-state index contributed by atoms with van der Waals surface area (Å²) in [5, 5.41) is 15.5. The Morgan fingerprint density at radius 1 is 1.40 bits per heavy atom. The molecule has 1 aliphatic carbocycles. The molecule has 0 aromatic carbocycles. The fourth-order valence-electron chi connectivity index (χ4n) is 3.77. The van der Waals surface area contributed by atoms with Crippen LogP contribution in [0.2, 0.25) is 0 Å².